The quantitative estimate of drug-likeness (QED) is 0.728. The molecule has 0 aromatic heterocycles. The average molecular weight is 250 g/mol. The van der Waals surface area contributed by atoms with Gasteiger partial charge in [0.05, 0.1) is 0 Å². The van der Waals surface area contributed by atoms with Gasteiger partial charge in [0.1, 0.15) is 0 Å². The lowest BCUT2D eigenvalue weighted by molar-refractivity contribution is 0.166. The second kappa shape index (κ2) is 4.62. The fourth-order valence-corrected chi connectivity index (χ4v) is 3.85. The first-order chi connectivity index (χ1) is 8.34. The molecule has 0 radical (unpaired) electrons. The van der Waals surface area contributed by atoms with Gasteiger partial charge in [-0.3, -0.25) is 0 Å². The van der Waals surface area contributed by atoms with Crippen LogP contribution in [0.2, 0.25) is 0 Å². The molecule has 1 aromatic carbocycles. The summed E-state index contributed by atoms with van der Waals surface area (Å²) in [7, 11) is 0. The Labute approximate surface area is 109 Å². The molecule has 1 aliphatic carbocycles. The minimum absolute atomic E-state index is 0.499. The van der Waals surface area contributed by atoms with Gasteiger partial charge in [-0.2, -0.15) is 0 Å². The number of piperidine rings is 1. The third-order valence-electron chi connectivity index (χ3n) is 4.68. The maximum absolute atomic E-state index is 5.83. The summed E-state index contributed by atoms with van der Waals surface area (Å²) >= 11 is 5.83. The van der Waals surface area contributed by atoms with E-state index in [2.05, 4.69) is 29.2 Å². The zero-order chi connectivity index (χ0) is 11.7. The molecule has 0 amide bonds. The number of alkyl halides is 1. The van der Waals surface area contributed by atoms with Crippen LogP contribution in [0, 0.1) is 0 Å². The first-order valence-electron chi connectivity index (χ1n) is 6.71. The molecule has 1 spiro atoms. The lowest BCUT2D eigenvalue weighted by Gasteiger charge is -2.40. The molecule has 1 aliphatic heterocycles. The second-order valence-corrected chi connectivity index (χ2v) is 5.85. The van der Waals surface area contributed by atoms with Crippen molar-refractivity contribution in [3.63, 3.8) is 0 Å². The molecule has 1 saturated heterocycles. The second-order valence-electron chi connectivity index (χ2n) is 5.47. The van der Waals surface area contributed by atoms with Crippen molar-refractivity contribution in [1.29, 1.82) is 0 Å². The van der Waals surface area contributed by atoms with Crippen LogP contribution in [0.25, 0.3) is 0 Å². The van der Waals surface area contributed by atoms with Crippen molar-refractivity contribution >= 4 is 11.6 Å². The summed E-state index contributed by atoms with van der Waals surface area (Å²) in [5, 5.41) is 0. The first kappa shape index (κ1) is 11.6. The molecular formula is C15H20ClN. The molecule has 92 valence electrons. The van der Waals surface area contributed by atoms with Gasteiger partial charge < -0.3 is 4.90 Å². The summed E-state index contributed by atoms with van der Waals surface area (Å²) < 4.78 is 0. The Morgan fingerprint density at radius 3 is 2.65 bits per heavy atom. The SMILES string of the molecule is ClCCN1CCC2(CCc3ccccc32)CC1. The van der Waals surface area contributed by atoms with Crippen molar-refractivity contribution in [3.8, 4) is 0 Å². The average Bonchev–Trinajstić information content (AvgIpc) is 2.73. The predicted molar refractivity (Wildman–Crippen MR) is 72.8 cm³/mol. The number of aryl methyl sites for hydroxylation is 1. The Hall–Kier alpha value is -0.530. The van der Waals surface area contributed by atoms with Crippen LogP contribution in [0.1, 0.15) is 30.4 Å². The molecule has 2 heteroatoms. The monoisotopic (exact) mass is 249 g/mol. The third-order valence-corrected chi connectivity index (χ3v) is 4.84. The number of likely N-dealkylation sites (tertiary alicyclic amines) is 1. The molecule has 1 nitrogen and oxygen atoms in total. The largest absolute Gasteiger partial charge is 0.302 e. The normalized spacial score (nSPS) is 22.9. The van der Waals surface area contributed by atoms with Crippen molar-refractivity contribution in [2.24, 2.45) is 0 Å². The van der Waals surface area contributed by atoms with Crippen LogP contribution in [0.4, 0.5) is 0 Å². The van der Waals surface area contributed by atoms with E-state index in [1.165, 1.54) is 38.8 Å². The Kier molecular flexibility index (Phi) is 3.14. The van der Waals surface area contributed by atoms with Crippen LogP contribution in [-0.4, -0.2) is 30.4 Å². The lowest BCUT2D eigenvalue weighted by Crippen LogP contribution is -2.42. The Balaban J connectivity index is 1.78. The molecule has 3 rings (SSSR count). The van der Waals surface area contributed by atoms with E-state index in [1.807, 2.05) is 0 Å². The summed E-state index contributed by atoms with van der Waals surface area (Å²) in [6.07, 6.45) is 5.29. The maximum Gasteiger partial charge on any atom is 0.0351 e. The summed E-state index contributed by atoms with van der Waals surface area (Å²) in [5.74, 6) is 0.767. The minimum atomic E-state index is 0.499. The van der Waals surface area contributed by atoms with Crippen LogP contribution < -0.4 is 0 Å². The van der Waals surface area contributed by atoms with Gasteiger partial charge in [-0.05, 0) is 55.3 Å². The fraction of sp³-hybridized carbons (Fsp3) is 0.600. The van der Waals surface area contributed by atoms with Crippen molar-refractivity contribution in [3.05, 3.63) is 35.4 Å². The molecule has 0 bridgehead atoms. The summed E-state index contributed by atoms with van der Waals surface area (Å²) in [6, 6.07) is 9.06. The number of hydrogen-bond acceptors (Lipinski definition) is 1. The van der Waals surface area contributed by atoms with Gasteiger partial charge in [-0.15, -0.1) is 11.6 Å². The number of nitrogens with zero attached hydrogens (tertiary/aromatic N) is 1. The highest BCUT2D eigenvalue weighted by Crippen LogP contribution is 2.45. The highest BCUT2D eigenvalue weighted by Gasteiger charge is 2.40. The zero-order valence-corrected chi connectivity index (χ0v) is 11.0. The van der Waals surface area contributed by atoms with Crippen LogP contribution in [0.3, 0.4) is 0 Å². The van der Waals surface area contributed by atoms with Crippen LogP contribution in [0.15, 0.2) is 24.3 Å². The number of benzene rings is 1. The van der Waals surface area contributed by atoms with E-state index in [0.29, 0.717) is 5.41 Å². The minimum Gasteiger partial charge on any atom is -0.302 e. The van der Waals surface area contributed by atoms with Crippen LogP contribution in [0.5, 0.6) is 0 Å². The van der Waals surface area contributed by atoms with E-state index in [4.69, 9.17) is 11.6 Å². The molecule has 1 heterocycles. The van der Waals surface area contributed by atoms with E-state index in [9.17, 15) is 0 Å². The number of hydrogen-bond donors (Lipinski definition) is 0. The third kappa shape index (κ3) is 2.00. The van der Waals surface area contributed by atoms with Gasteiger partial charge in [0, 0.05) is 12.4 Å². The van der Waals surface area contributed by atoms with E-state index in [0.717, 1.165) is 12.4 Å². The zero-order valence-electron chi connectivity index (χ0n) is 10.3. The van der Waals surface area contributed by atoms with E-state index >= 15 is 0 Å². The number of halogens is 1. The molecule has 0 N–H and O–H groups in total. The van der Waals surface area contributed by atoms with Crippen molar-refractivity contribution < 1.29 is 0 Å². The molecular weight excluding hydrogens is 230 g/mol. The first-order valence-corrected chi connectivity index (χ1v) is 7.24. The maximum atomic E-state index is 5.83. The molecule has 2 aliphatic rings. The van der Waals surface area contributed by atoms with Crippen molar-refractivity contribution in [2.75, 3.05) is 25.5 Å². The molecule has 0 atom stereocenters. The lowest BCUT2D eigenvalue weighted by atomic mass is 9.74. The van der Waals surface area contributed by atoms with Gasteiger partial charge in [-0.25, -0.2) is 0 Å². The van der Waals surface area contributed by atoms with Crippen molar-refractivity contribution in [2.45, 2.75) is 31.1 Å². The molecule has 1 aromatic rings. The topological polar surface area (TPSA) is 3.24 Å². The highest BCUT2D eigenvalue weighted by atomic mass is 35.5. The van der Waals surface area contributed by atoms with E-state index in [-0.39, 0.29) is 0 Å². The van der Waals surface area contributed by atoms with Crippen LogP contribution in [-0.2, 0) is 11.8 Å². The number of fused-ring (bicyclic) bond motifs is 2. The molecule has 0 saturated carbocycles. The summed E-state index contributed by atoms with van der Waals surface area (Å²) in [6.45, 7) is 3.50. The standard InChI is InChI=1S/C15H20ClN/c16-9-12-17-10-7-15(8-11-17)6-5-13-3-1-2-4-14(13)15/h1-4H,5-12H2. The molecule has 17 heavy (non-hydrogen) atoms. The van der Waals surface area contributed by atoms with Gasteiger partial charge in [-0.1, -0.05) is 24.3 Å². The Bertz CT molecular complexity index is 394. The Morgan fingerprint density at radius 2 is 1.88 bits per heavy atom. The number of rotatable bonds is 2. The van der Waals surface area contributed by atoms with Gasteiger partial charge in [0.15, 0.2) is 0 Å². The Morgan fingerprint density at radius 1 is 1.12 bits per heavy atom. The molecule has 1 fully saturated rings. The van der Waals surface area contributed by atoms with Crippen LogP contribution >= 0.6 is 11.6 Å². The van der Waals surface area contributed by atoms with Gasteiger partial charge in [0.25, 0.3) is 0 Å². The molecule has 0 unspecified atom stereocenters. The smallest absolute Gasteiger partial charge is 0.0351 e. The fourth-order valence-electron chi connectivity index (χ4n) is 3.61. The van der Waals surface area contributed by atoms with Crippen molar-refractivity contribution in [1.82, 2.24) is 4.90 Å². The summed E-state index contributed by atoms with van der Waals surface area (Å²) in [4.78, 5) is 2.51. The van der Waals surface area contributed by atoms with Gasteiger partial charge in [0.2, 0.25) is 0 Å². The highest BCUT2D eigenvalue weighted by molar-refractivity contribution is 6.18. The van der Waals surface area contributed by atoms with Gasteiger partial charge >= 0.3 is 0 Å². The predicted octanol–water partition coefficient (Wildman–Crippen LogP) is 3.21. The van der Waals surface area contributed by atoms with E-state index in [1.54, 1.807) is 11.1 Å². The van der Waals surface area contributed by atoms with E-state index < -0.39 is 0 Å². The summed E-state index contributed by atoms with van der Waals surface area (Å²) in [5.41, 5.74) is 3.74.